The average Bonchev–Trinajstić information content (AvgIpc) is 2.78. The van der Waals surface area contributed by atoms with Crippen LogP contribution in [0.4, 0.5) is 5.69 Å². The summed E-state index contributed by atoms with van der Waals surface area (Å²) in [7, 11) is -2.36. The molecule has 3 rings (SSSR count). The Kier molecular flexibility index (Phi) is 6.97. The van der Waals surface area contributed by atoms with Crippen LogP contribution in [0.15, 0.2) is 77.7 Å². The van der Waals surface area contributed by atoms with E-state index in [9.17, 15) is 13.2 Å². The van der Waals surface area contributed by atoms with E-state index in [2.05, 4.69) is 5.32 Å². The predicted octanol–water partition coefficient (Wildman–Crippen LogP) is 3.82. The highest BCUT2D eigenvalue weighted by Gasteiger charge is 2.27. The highest BCUT2D eigenvalue weighted by molar-refractivity contribution is 7.92. The highest BCUT2D eigenvalue weighted by atomic mass is 32.2. The third-order valence-electron chi connectivity index (χ3n) is 5.07. The van der Waals surface area contributed by atoms with Crippen LogP contribution in [-0.4, -0.2) is 28.0 Å². The second kappa shape index (κ2) is 9.66. The summed E-state index contributed by atoms with van der Waals surface area (Å²) in [6.45, 7) is 3.76. The molecule has 0 unspecified atom stereocenters. The Morgan fingerprint density at radius 3 is 2.29 bits per heavy atom. The van der Waals surface area contributed by atoms with Crippen molar-refractivity contribution in [3.8, 4) is 5.75 Å². The first kappa shape index (κ1) is 22.4. The van der Waals surface area contributed by atoms with Crippen molar-refractivity contribution in [3.05, 3.63) is 89.5 Å². The van der Waals surface area contributed by atoms with Gasteiger partial charge in [0.05, 0.1) is 17.7 Å². The largest absolute Gasteiger partial charge is 0.496 e. The Bertz CT molecular complexity index is 1160. The number of nitrogens with zero attached hydrogens (tertiary/aromatic N) is 1. The van der Waals surface area contributed by atoms with E-state index < -0.39 is 15.9 Å². The summed E-state index contributed by atoms with van der Waals surface area (Å²) in [5.74, 6) is 0.245. The van der Waals surface area contributed by atoms with Gasteiger partial charge >= 0.3 is 0 Å². The summed E-state index contributed by atoms with van der Waals surface area (Å²) in [6, 6.07) is 20.8. The quantitative estimate of drug-likeness (QED) is 0.580. The third kappa shape index (κ3) is 5.24. The number of rotatable bonds is 8. The van der Waals surface area contributed by atoms with Gasteiger partial charge in [0, 0.05) is 12.1 Å². The lowest BCUT2D eigenvalue weighted by molar-refractivity contribution is -0.119. The standard InChI is InChI=1S/C24H26N2O4S/c1-18-13-14-21(15-19(18)2)26(31(28,29)22-10-5-4-6-11-22)17-24(27)25-16-20-9-7-8-12-23(20)30-3/h4-15H,16-17H2,1-3H3,(H,25,27). The van der Waals surface area contributed by atoms with Crippen LogP contribution in [0.5, 0.6) is 5.75 Å². The van der Waals surface area contributed by atoms with Crippen molar-refractivity contribution in [1.82, 2.24) is 5.32 Å². The van der Waals surface area contributed by atoms with Gasteiger partial charge < -0.3 is 10.1 Å². The molecule has 7 heteroatoms. The molecule has 1 amide bonds. The SMILES string of the molecule is COc1ccccc1CNC(=O)CN(c1ccc(C)c(C)c1)S(=O)(=O)c1ccccc1. The van der Waals surface area contributed by atoms with E-state index in [1.165, 1.54) is 12.1 Å². The van der Waals surface area contributed by atoms with Crippen molar-refractivity contribution in [3.63, 3.8) is 0 Å². The topological polar surface area (TPSA) is 75.7 Å². The van der Waals surface area contributed by atoms with E-state index in [1.54, 1.807) is 37.4 Å². The van der Waals surface area contributed by atoms with Crippen molar-refractivity contribution in [2.24, 2.45) is 0 Å². The van der Waals surface area contributed by atoms with E-state index in [0.29, 0.717) is 11.4 Å². The minimum absolute atomic E-state index is 0.130. The molecule has 0 radical (unpaired) electrons. The van der Waals surface area contributed by atoms with E-state index >= 15 is 0 Å². The van der Waals surface area contributed by atoms with Crippen LogP contribution in [0.2, 0.25) is 0 Å². The van der Waals surface area contributed by atoms with Crippen molar-refractivity contribution in [2.45, 2.75) is 25.3 Å². The van der Waals surface area contributed by atoms with Gasteiger partial charge in [-0.15, -0.1) is 0 Å². The summed E-state index contributed by atoms with van der Waals surface area (Å²) >= 11 is 0. The number of sulfonamides is 1. The molecule has 0 aliphatic heterocycles. The molecular weight excluding hydrogens is 412 g/mol. The number of aryl methyl sites for hydroxylation is 2. The highest BCUT2D eigenvalue weighted by Crippen LogP contribution is 2.25. The minimum Gasteiger partial charge on any atom is -0.496 e. The number of carbonyl (C=O) groups excluding carboxylic acids is 1. The molecule has 6 nitrogen and oxygen atoms in total. The predicted molar refractivity (Wildman–Crippen MR) is 122 cm³/mol. The van der Waals surface area contributed by atoms with Gasteiger partial charge in [-0.05, 0) is 55.3 Å². The molecule has 0 saturated carbocycles. The fourth-order valence-electron chi connectivity index (χ4n) is 3.14. The Morgan fingerprint density at radius 1 is 0.935 bits per heavy atom. The van der Waals surface area contributed by atoms with Gasteiger partial charge in [0.2, 0.25) is 5.91 Å². The molecule has 162 valence electrons. The van der Waals surface area contributed by atoms with Crippen molar-refractivity contribution in [2.75, 3.05) is 18.0 Å². The Balaban J connectivity index is 1.88. The van der Waals surface area contributed by atoms with Gasteiger partial charge in [-0.3, -0.25) is 9.10 Å². The monoisotopic (exact) mass is 438 g/mol. The van der Waals surface area contributed by atoms with Crippen LogP contribution >= 0.6 is 0 Å². The average molecular weight is 439 g/mol. The van der Waals surface area contributed by atoms with Gasteiger partial charge in [-0.25, -0.2) is 8.42 Å². The first-order chi connectivity index (χ1) is 14.8. The molecule has 3 aromatic rings. The fourth-order valence-corrected chi connectivity index (χ4v) is 4.58. The summed E-state index contributed by atoms with van der Waals surface area (Å²) < 4.78 is 33.2. The lowest BCUT2D eigenvalue weighted by atomic mass is 10.1. The van der Waals surface area contributed by atoms with Gasteiger partial charge in [0.25, 0.3) is 10.0 Å². The van der Waals surface area contributed by atoms with E-state index in [4.69, 9.17) is 4.74 Å². The summed E-state index contributed by atoms with van der Waals surface area (Å²) in [5.41, 5.74) is 3.24. The normalized spacial score (nSPS) is 11.1. The lowest BCUT2D eigenvalue weighted by Crippen LogP contribution is -2.40. The smallest absolute Gasteiger partial charge is 0.264 e. The Morgan fingerprint density at radius 2 is 1.61 bits per heavy atom. The van der Waals surface area contributed by atoms with Gasteiger partial charge in [-0.1, -0.05) is 42.5 Å². The Labute approximate surface area is 183 Å². The zero-order valence-corrected chi connectivity index (χ0v) is 18.6. The molecule has 0 aromatic heterocycles. The summed E-state index contributed by atoms with van der Waals surface area (Å²) in [6.07, 6.45) is 0. The maximum Gasteiger partial charge on any atom is 0.264 e. The number of nitrogens with one attached hydrogen (secondary N) is 1. The van der Waals surface area contributed by atoms with E-state index in [1.807, 2.05) is 44.2 Å². The molecule has 0 atom stereocenters. The second-order valence-electron chi connectivity index (χ2n) is 7.18. The van der Waals surface area contributed by atoms with Crippen molar-refractivity contribution in [1.29, 1.82) is 0 Å². The van der Waals surface area contributed by atoms with Crippen LogP contribution in [-0.2, 0) is 21.4 Å². The van der Waals surface area contributed by atoms with E-state index in [-0.39, 0.29) is 18.0 Å². The molecule has 0 fully saturated rings. The maximum atomic E-state index is 13.4. The lowest BCUT2D eigenvalue weighted by Gasteiger charge is -2.25. The van der Waals surface area contributed by atoms with Crippen molar-refractivity contribution >= 4 is 21.6 Å². The molecule has 0 spiro atoms. The van der Waals surface area contributed by atoms with Crippen LogP contribution in [0.3, 0.4) is 0 Å². The number of methoxy groups -OCH3 is 1. The molecular formula is C24H26N2O4S. The molecule has 0 aliphatic rings. The third-order valence-corrected chi connectivity index (χ3v) is 6.85. The van der Waals surface area contributed by atoms with Gasteiger partial charge in [-0.2, -0.15) is 0 Å². The fraction of sp³-hybridized carbons (Fsp3) is 0.208. The maximum absolute atomic E-state index is 13.4. The molecule has 1 N–H and O–H groups in total. The summed E-state index contributed by atoms with van der Waals surface area (Å²) in [5, 5.41) is 2.80. The zero-order chi connectivity index (χ0) is 22.4. The van der Waals surface area contributed by atoms with Crippen LogP contribution in [0.1, 0.15) is 16.7 Å². The first-order valence-corrected chi connectivity index (χ1v) is 11.3. The molecule has 0 bridgehead atoms. The van der Waals surface area contributed by atoms with Crippen molar-refractivity contribution < 1.29 is 17.9 Å². The molecule has 0 heterocycles. The second-order valence-corrected chi connectivity index (χ2v) is 9.04. The zero-order valence-electron chi connectivity index (χ0n) is 17.8. The van der Waals surface area contributed by atoms with Crippen LogP contribution in [0, 0.1) is 13.8 Å². The molecule has 31 heavy (non-hydrogen) atoms. The number of carbonyl (C=O) groups is 1. The Hall–Kier alpha value is -3.32. The molecule has 3 aromatic carbocycles. The number of hydrogen-bond donors (Lipinski definition) is 1. The number of amides is 1. The summed E-state index contributed by atoms with van der Waals surface area (Å²) in [4.78, 5) is 12.9. The molecule has 0 saturated heterocycles. The van der Waals surface area contributed by atoms with Crippen LogP contribution < -0.4 is 14.4 Å². The number of para-hydroxylation sites is 1. The molecule has 0 aliphatic carbocycles. The first-order valence-electron chi connectivity index (χ1n) is 9.86. The number of anilines is 1. The number of benzene rings is 3. The van der Waals surface area contributed by atoms with Crippen LogP contribution in [0.25, 0.3) is 0 Å². The number of ether oxygens (including phenoxy) is 1. The number of hydrogen-bond acceptors (Lipinski definition) is 4. The van der Waals surface area contributed by atoms with Gasteiger partial charge in [0.1, 0.15) is 12.3 Å². The van der Waals surface area contributed by atoms with E-state index in [0.717, 1.165) is 21.0 Å². The minimum atomic E-state index is -3.93. The van der Waals surface area contributed by atoms with Gasteiger partial charge in [0.15, 0.2) is 0 Å².